The van der Waals surface area contributed by atoms with E-state index in [1.54, 1.807) is 11.1 Å². The van der Waals surface area contributed by atoms with Crippen molar-refractivity contribution in [3.05, 3.63) is 23.3 Å². The lowest BCUT2D eigenvalue weighted by molar-refractivity contribution is 0.240. The van der Waals surface area contributed by atoms with Crippen LogP contribution < -0.4 is 0 Å². The van der Waals surface area contributed by atoms with E-state index < -0.39 is 0 Å². The van der Waals surface area contributed by atoms with Crippen LogP contribution in [0.3, 0.4) is 0 Å². The maximum atomic E-state index is 2.65. The average molecular weight is 359 g/mol. The first-order chi connectivity index (χ1) is 11.9. The van der Waals surface area contributed by atoms with E-state index >= 15 is 0 Å². The summed E-state index contributed by atoms with van der Waals surface area (Å²) in [7, 11) is 0. The molecule has 150 valence electrons. The minimum atomic E-state index is 0.368. The lowest BCUT2D eigenvalue weighted by Gasteiger charge is -2.48. The summed E-state index contributed by atoms with van der Waals surface area (Å²) in [4.78, 5) is 0. The Kier molecular flexibility index (Phi) is 6.57. The van der Waals surface area contributed by atoms with E-state index in [-0.39, 0.29) is 0 Å². The smallest absolute Gasteiger partial charge is 0.0103 e. The van der Waals surface area contributed by atoms with Crippen LogP contribution in [0.25, 0.3) is 0 Å². The molecule has 0 radical (unpaired) electrons. The van der Waals surface area contributed by atoms with Crippen molar-refractivity contribution in [2.75, 3.05) is 0 Å². The molecule has 0 aromatic carbocycles. The van der Waals surface area contributed by atoms with E-state index in [0.717, 1.165) is 11.8 Å². The molecule has 0 aromatic rings. The summed E-state index contributed by atoms with van der Waals surface area (Å²) in [6.07, 6.45) is 15.0. The molecular formula is C26H46. The highest BCUT2D eigenvalue weighted by atomic mass is 14.5. The van der Waals surface area contributed by atoms with Gasteiger partial charge in [0, 0.05) is 0 Å². The Bertz CT molecular complexity index is 532. The zero-order valence-corrected chi connectivity index (χ0v) is 19.3. The molecule has 0 heterocycles. The third-order valence-electron chi connectivity index (χ3n) is 7.78. The van der Waals surface area contributed by atoms with Gasteiger partial charge in [0.1, 0.15) is 0 Å². The van der Waals surface area contributed by atoms with E-state index in [2.05, 4.69) is 74.5 Å². The van der Waals surface area contributed by atoms with Gasteiger partial charge in [0.15, 0.2) is 0 Å². The van der Waals surface area contributed by atoms with Crippen molar-refractivity contribution in [3.8, 4) is 0 Å². The van der Waals surface area contributed by atoms with E-state index in [4.69, 9.17) is 0 Å². The third kappa shape index (κ3) is 4.85. The second kappa shape index (κ2) is 7.84. The van der Waals surface area contributed by atoms with Gasteiger partial charge in [0.25, 0.3) is 0 Å². The lowest BCUT2D eigenvalue weighted by Crippen LogP contribution is -2.36. The number of allylic oxidation sites excluding steroid dienone is 4. The first-order valence-corrected chi connectivity index (χ1v) is 11.3. The molecule has 0 amide bonds. The predicted molar refractivity (Wildman–Crippen MR) is 117 cm³/mol. The van der Waals surface area contributed by atoms with Crippen molar-refractivity contribution in [1.82, 2.24) is 0 Å². The SMILES string of the molecule is CC1(C)CCCC1.CCC(C)C1C=C2C(=CC1C)C(C)(C)CCC2(C)C. The predicted octanol–water partition coefficient (Wildman–Crippen LogP) is 8.58. The van der Waals surface area contributed by atoms with Gasteiger partial charge >= 0.3 is 0 Å². The third-order valence-corrected chi connectivity index (χ3v) is 7.78. The number of rotatable bonds is 2. The summed E-state index contributed by atoms with van der Waals surface area (Å²) in [6.45, 7) is 21.6. The minimum Gasteiger partial charge on any atom is -0.0770 e. The molecule has 0 aliphatic heterocycles. The highest BCUT2D eigenvalue weighted by Crippen LogP contribution is 2.55. The molecular weight excluding hydrogens is 312 g/mol. The van der Waals surface area contributed by atoms with Gasteiger partial charge in [0.2, 0.25) is 0 Å². The summed E-state index contributed by atoms with van der Waals surface area (Å²) >= 11 is 0. The van der Waals surface area contributed by atoms with E-state index in [1.165, 1.54) is 44.9 Å². The molecule has 0 heteroatoms. The molecule has 0 bridgehead atoms. The Labute approximate surface area is 164 Å². The van der Waals surface area contributed by atoms with Gasteiger partial charge in [-0.1, -0.05) is 93.7 Å². The standard InChI is InChI=1S/C19H32.C7H14/c1-8-13(2)15-12-17-16(11-14(15)3)18(4,5)9-10-19(17,6)7;1-7(2)5-3-4-6-7/h11-15H,8-10H2,1-7H3;3-6H2,1-2H3. The van der Waals surface area contributed by atoms with Crippen molar-refractivity contribution in [3.63, 3.8) is 0 Å². The van der Waals surface area contributed by atoms with Crippen LogP contribution >= 0.6 is 0 Å². The normalized spacial score (nSPS) is 32.5. The highest BCUT2D eigenvalue weighted by molar-refractivity contribution is 5.45. The summed E-state index contributed by atoms with van der Waals surface area (Å²) in [5.74, 6) is 2.22. The van der Waals surface area contributed by atoms with Crippen LogP contribution in [0.2, 0.25) is 0 Å². The van der Waals surface area contributed by atoms with Crippen LogP contribution in [-0.4, -0.2) is 0 Å². The van der Waals surface area contributed by atoms with E-state index in [0.29, 0.717) is 22.2 Å². The van der Waals surface area contributed by atoms with E-state index in [9.17, 15) is 0 Å². The van der Waals surface area contributed by atoms with Crippen molar-refractivity contribution in [2.24, 2.45) is 34.0 Å². The van der Waals surface area contributed by atoms with Gasteiger partial charge in [-0.3, -0.25) is 0 Å². The number of fused-ring (bicyclic) bond motifs is 1. The zero-order valence-electron chi connectivity index (χ0n) is 19.3. The van der Waals surface area contributed by atoms with Crippen LogP contribution in [0, 0.1) is 34.0 Å². The Morgan fingerprint density at radius 3 is 1.69 bits per heavy atom. The van der Waals surface area contributed by atoms with Gasteiger partial charge < -0.3 is 0 Å². The van der Waals surface area contributed by atoms with Crippen molar-refractivity contribution in [2.45, 2.75) is 107 Å². The Morgan fingerprint density at radius 2 is 1.31 bits per heavy atom. The van der Waals surface area contributed by atoms with Crippen LogP contribution in [0.4, 0.5) is 0 Å². The van der Waals surface area contributed by atoms with Crippen LogP contribution in [-0.2, 0) is 0 Å². The van der Waals surface area contributed by atoms with Crippen molar-refractivity contribution >= 4 is 0 Å². The first kappa shape index (κ1) is 21.8. The zero-order chi connectivity index (χ0) is 19.8. The molecule has 3 unspecified atom stereocenters. The molecule has 0 spiro atoms. The highest BCUT2D eigenvalue weighted by Gasteiger charge is 2.42. The minimum absolute atomic E-state index is 0.368. The maximum absolute atomic E-state index is 2.65. The van der Waals surface area contributed by atoms with Crippen LogP contribution in [0.5, 0.6) is 0 Å². The van der Waals surface area contributed by atoms with Gasteiger partial charge in [-0.25, -0.2) is 0 Å². The average Bonchev–Trinajstić information content (AvgIpc) is 2.96. The summed E-state index contributed by atoms with van der Waals surface area (Å²) < 4.78 is 0. The van der Waals surface area contributed by atoms with Gasteiger partial charge in [0.05, 0.1) is 0 Å². The monoisotopic (exact) mass is 358 g/mol. The molecule has 3 atom stereocenters. The van der Waals surface area contributed by atoms with Crippen LogP contribution in [0.15, 0.2) is 23.3 Å². The fourth-order valence-corrected chi connectivity index (χ4v) is 5.26. The topological polar surface area (TPSA) is 0 Å². The summed E-state index contributed by atoms with van der Waals surface area (Å²) in [5, 5.41) is 0. The van der Waals surface area contributed by atoms with Crippen molar-refractivity contribution < 1.29 is 0 Å². The molecule has 26 heavy (non-hydrogen) atoms. The Balaban J connectivity index is 0.000000290. The quantitative estimate of drug-likeness (QED) is 0.463. The molecule has 0 N–H and O–H groups in total. The molecule has 0 aromatic heterocycles. The molecule has 2 fully saturated rings. The fourth-order valence-electron chi connectivity index (χ4n) is 5.26. The number of hydrogen-bond donors (Lipinski definition) is 0. The van der Waals surface area contributed by atoms with E-state index in [1.807, 2.05) is 0 Å². The lowest BCUT2D eigenvalue weighted by atomic mass is 9.57. The van der Waals surface area contributed by atoms with Crippen molar-refractivity contribution in [1.29, 1.82) is 0 Å². The largest absolute Gasteiger partial charge is 0.0770 e. The Morgan fingerprint density at radius 1 is 0.846 bits per heavy atom. The molecule has 0 saturated heterocycles. The molecule has 0 nitrogen and oxygen atoms in total. The second-order valence-electron chi connectivity index (χ2n) is 11.6. The van der Waals surface area contributed by atoms with Gasteiger partial charge in [-0.05, 0) is 70.8 Å². The van der Waals surface area contributed by atoms with Gasteiger partial charge in [-0.2, -0.15) is 0 Å². The maximum Gasteiger partial charge on any atom is -0.0103 e. The number of hydrogen-bond acceptors (Lipinski definition) is 0. The molecule has 3 rings (SSSR count). The Hall–Kier alpha value is -0.520. The van der Waals surface area contributed by atoms with Gasteiger partial charge in [-0.15, -0.1) is 0 Å². The molecule has 3 aliphatic carbocycles. The summed E-state index contributed by atoms with van der Waals surface area (Å²) in [5.41, 5.74) is 4.74. The van der Waals surface area contributed by atoms with Crippen LogP contribution in [0.1, 0.15) is 107 Å². The molecule has 2 saturated carbocycles. The fraction of sp³-hybridized carbons (Fsp3) is 0.846. The molecule has 3 aliphatic rings. The second-order valence-corrected chi connectivity index (χ2v) is 11.6. The first-order valence-electron chi connectivity index (χ1n) is 11.3. The summed E-state index contributed by atoms with van der Waals surface area (Å²) in [6, 6.07) is 0.